The van der Waals surface area contributed by atoms with Gasteiger partial charge in [0.05, 0.1) is 0 Å². The summed E-state index contributed by atoms with van der Waals surface area (Å²) in [6.45, 7) is 2.10. The zero-order valence-corrected chi connectivity index (χ0v) is 5.12. The monoisotopic (exact) mass is 105 g/mol. The van der Waals surface area contributed by atoms with Gasteiger partial charge in [-0.3, -0.25) is 0 Å². The highest BCUT2D eigenvalue weighted by molar-refractivity contribution is 4.38. The lowest BCUT2D eigenvalue weighted by Gasteiger charge is -1.92. The van der Waals surface area contributed by atoms with Crippen LogP contribution in [0.25, 0.3) is 0 Å². The predicted molar refractivity (Wildman–Crippen MR) is 32.9 cm³/mol. The Balaban J connectivity index is 0. The summed E-state index contributed by atoms with van der Waals surface area (Å²) in [4.78, 5) is 0. The molecule has 0 aromatic rings. The van der Waals surface area contributed by atoms with Crippen molar-refractivity contribution in [2.45, 2.75) is 0 Å². The topological polar surface area (TPSA) is 59.1 Å². The minimum Gasteiger partial charge on any atom is -0.344 e. The fourth-order valence-electron chi connectivity index (χ4n) is 0.250. The van der Waals surface area contributed by atoms with Crippen molar-refractivity contribution in [2.24, 2.45) is 0 Å². The van der Waals surface area contributed by atoms with Crippen molar-refractivity contribution in [3.8, 4) is 0 Å². The van der Waals surface area contributed by atoms with Gasteiger partial charge in [0.2, 0.25) is 0 Å². The van der Waals surface area contributed by atoms with E-state index in [-0.39, 0.29) is 6.15 Å². The van der Waals surface area contributed by atoms with Gasteiger partial charge in [-0.05, 0) is 14.1 Å². The molecule has 3 nitrogen and oxygen atoms in total. The number of hydrogen-bond acceptors (Lipinski definition) is 3. The molecule has 0 radical (unpaired) electrons. The van der Waals surface area contributed by atoms with E-state index in [2.05, 4.69) is 10.6 Å². The molecule has 0 aliphatic carbocycles. The van der Waals surface area contributed by atoms with Gasteiger partial charge >= 0.3 is 0 Å². The number of likely N-dealkylation sites (N-methyl/N-ethyl adjacent to an activating group) is 2. The van der Waals surface area contributed by atoms with Gasteiger partial charge in [0.15, 0.2) is 0 Å². The Hall–Kier alpha value is -0.120. The third-order valence-corrected chi connectivity index (χ3v) is 0.625. The molecule has 5 N–H and O–H groups in total. The quantitative estimate of drug-likeness (QED) is 0.427. The summed E-state index contributed by atoms with van der Waals surface area (Å²) in [6.07, 6.45) is 0. The number of nitrogens with one attached hydrogen (secondary N) is 2. The van der Waals surface area contributed by atoms with Crippen LogP contribution in [0, 0.1) is 0 Å². The second kappa shape index (κ2) is 9.30. The van der Waals surface area contributed by atoms with E-state index in [1.54, 1.807) is 0 Å². The summed E-state index contributed by atoms with van der Waals surface area (Å²) in [6, 6.07) is 0. The molecular formula is C4H15N3. The lowest BCUT2D eigenvalue weighted by Crippen LogP contribution is -2.21. The standard InChI is InChI=1S/C4H12N2.H3N/c1-5-3-4-6-2;/h5-6H,3-4H2,1-2H3;1H3. The highest BCUT2D eigenvalue weighted by Gasteiger charge is 1.70. The van der Waals surface area contributed by atoms with Gasteiger partial charge in [-0.2, -0.15) is 0 Å². The van der Waals surface area contributed by atoms with Crippen LogP contribution >= 0.6 is 0 Å². The fourth-order valence-corrected chi connectivity index (χ4v) is 0.250. The van der Waals surface area contributed by atoms with E-state index in [1.165, 1.54) is 0 Å². The molecule has 0 fully saturated rings. The van der Waals surface area contributed by atoms with E-state index in [0.717, 1.165) is 13.1 Å². The van der Waals surface area contributed by atoms with Crippen molar-refractivity contribution in [3.05, 3.63) is 0 Å². The van der Waals surface area contributed by atoms with Crippen LogP contribution in [0.15, 0.2) is 0 Å². The minimum atomic E-state index is 0. The van der Waals surface area contributed by atoms with Crippen LogP contribution in [0.4, 0.5) is 0 Å². The maximum atomic E-state index is 3.01. The first-order chi connectivity index (χ1) is 2.91. The van der Waals surface area contributed by atoms with Crippen molar-refractivity contribution < 1.29 is 0 Å². The van der Waals surface area contributed by atoms with E-state index in [4.69, 9.17) is 0 Å². The average Bonchev–Trinajstić information content (AvgIpc) is 1.61. The van der Waals surface area contributed by atoms with Gasteiger partial charge in [0, 0.05) is 13.1 Å². The molecule has 0 aromatic heterocycles. The molecule has 46 valence electrons. The lowest BCUT2D eigenvalue weighted by atomic mass is 10.6. The van der Waals surface area contributed by atoms with Crippen LogP contribution in [0.2, 0.25) is 0 Å². The molecule has 0 heterocycles. The Labute approximate surface area is 45.1 Å². The Kier molecular flexibility index (Phi) is 13.3. The summed E-state index contributed by atoms with van der Waals surface area (Å²) in [7, 11) is 3.88. The second-order valence-electron chi connectivity index (χ2n) is 1.21. The molecule has 7 heavy (non-hydrogen) atoms. The van der Waals surface area contributed by atoms with Crippen LogP contribution in [0.5, 0.6) is 0 Å². The van der Waals surface area contributed by atoms with Gasteiger partial charge in [0.1, 0.15) is 0 Å². The molecule has 0 spiro atoms. The molecule has 3 heteroatoms. The lowest BCUT2D eigenvalue weighted by molar-refractivity contribution is 0.718. The Morgan fingerprint density at radius 3 is 1.43 bits per heavy atom. The van der Waals surface area contributed by atoms with Crippen LogP contribution < -0.4 is 16.8 Å². The molecule has 0 bridgehead atoms. The zero-order chi connectivity index (χ0) is 4.83. The largest absolute Gasteiger partial charge is 0.344 e. The molecule has 0 unspecified atom stereocenters. The number of rotatable bonds is 3. The van der Waals surface area contributed by atoms with Crippen molar-refractivity contribution in [3.63, 3.8) is 0 Å². The Morgan fingerprint density at radius 1 is 1.00 bits per heavy atom. The van der Waals surface area contributed by atoms with Crippen molar-refractivity contribution >= 4 is 0 Å². The molecule has 0 saturated heterocycles. The second-order valence-corrected chi connectivity index (χ2v) is 1.21. The summed E-state index contributed by atoms with van der Waals surface area (Å²) >= 11 is 0. The van der Waals surface area contributed by atoms with Crippen LogP contribution in [-0.2, 0) is 0 Å². The molecule has 0 saturated carbocycles. The molecule has 0 aliphatic rings. The summed E-state index contributed by atoms with van der Waals surface area (Å²) in [5, 5.41) is 6.01. The molecule has 0 aromatic carbocycles. The van der Waals surface area contributed by atoms with Gasteiger partial charge in [-0.25, -0.2) is 0 Å². The normalized spacial score (nSPS) is 7.71. The smallest absolute Gasteiger partial charge is 0.00736 e. The van der Waals surface area contributed by atoms with Crippen molar-refractivity contribution in [2.75, 3.05) is 27.2 Å². The van der Waals surface area contributed by atoms with Gasteiger partial charge in [-0.15, -0.1) is 0 Å². The predicted octanol–water partition coefficient (Wildman–Crippen LogP) is -0.413. The van der Waals surface area contributed by atoms with E-state index in [9.17, 15) is 0 Å². The molecule has 0 aliphatic heterocycles. The summed E-state index contributed by atoms with van der Waals surface area (Å²) < 4.78 is 0. The van der Waals surface area contributed by atoms with Gasteiger partial charge < -0.3 is 16.8 Å². The highest BCUT2D eigenvalue weighted by atomic mass is 14.9. The maximum absolute atomic E-state index is 3.01. The fraction of sp³-hybridized carbons (Fsp3) is 1.00. The third kappa shape index (κ3) is 10.7. The average molecular weight is 105 g/mol. The Bertz CT molecular complexity index is 18.9. The van der Waals surface area contributed by atoms with E-state index in [0.29, 0.717) is 0 Å². The molecular weight excluding hydrogens is 90.1 g/mol. The number of hydrogen-bond donors (Lipinski definition) is 3. The van der Waals surface area contributed by atoms with Crippen LogP contribution in [-0.4, -0.2) is 27.2 Å². The third-order valence-electron chi connectivity index (χ3n) is 0.625. The van der Waals surface area contributed by atoms with E-state index >= 15 is 0 Å². The van der Waals surface area contributed by atoms with E-state index < -0.39 is 0 Å². The van der Waals surface area contributed by atoms with Gasteiger partial charge in [-0.1, -0.05) is 0 Å². The van der Waals surface area contributed by atoms with E-state index in [1.807, 2.05) is 14.1 Å². The molecule has 0 amide bonds. The maximum Gasteiger partial charge on any atom is 0.00736 e. The van der Waals surface area contributed by atoms with Crippen LogP contribution in [0.1, 0.15) is 0 Å². The Morgan fingerprint density at radius 2 is 1.29 bits per heavy atom. The summed E-state index contributed by atoms with van der Waals surface area (Å²) in [5.41, 5.74) is 0. The first-order valence-corrected chi connectivity index (χ1v) is 2.21. The van der Waals surface area contributed by atoms with Gasteiger partial charge in [0.25, 0.3) is 0 Å². The zero-order valence-electron chi connectivity index (χ0n) is 5.12. The highest BCUT2D eigenvalue weighted by Crippen LogP contribution is 1.45. The molecule has 0 rings (SSSR count). The van der Waals surface area contributed by atoms with Crippen molar-refractivity contribution in [1.29, 1.82) is 0 Å². The first-order valence-electron chi connectivity index (χ1n) is 2.21. The SMILES string of the molecule is CNCCNC.N. The van der Waals surface area contributed by atoms with Crippen molar-refractivity contribution in [1.82, 2.24) is 16.8 Å². The van der Waals surface area contributed by atoms with Crippen LogP contribution in [0.3, 0.4) is 0 Å². The molecule has 0 atom stereocenters. The summed E-state index contributed by atoms with van der Waals surface area (Å²) in [5.74, 6) is 0. The first kappa shape index (κ1) is 9.99. The minimum absolute atomic E-state index is 0.